The molecule has 0 aromatic carbocycles. The van der Waals surface area contributed by atoms with Gasteiger partial charge in [-0.15, -0.1) is 34.2 Å². The molecule has 1 fully saturated rings. The van der Waals surface area contributed by atoms with Gasteiger partial charge in [0.25, 0.3) is 0 Å². The van der Waals surface area contributed by atoms with Crippen molar-refractivity contribution in [3.05, 3.63) is 11.6 Å². The van der Waals surface area contributed by atoms with Gasteiger partial charge in [-0.3, -0.25) is 0 Å². The van der Waals surface area contributed by atoms with Gasteiger partial charge in [0.05, 0.1) is 5.60 Å². The van der Waals surface area contributed by atoms with Crippen LogP contribution in [0.4, 0.5) is 0 Å². The number of aromatic nitrogens is 3. The Hall–Kier alpha value is -0.900. The number of guanidine groups is 1. The van der Waals surface area contributed by atoms with Crippen LogP contribution in [0.25, 0.3) is 0 Å². The summed E-state index contributed by atoms with van der Waals surface area (Å²) in [5.74, 6) is 2.59. The summed E-state index contributed by atoms with van der Waals surface area (Å²) >= 11 is 0. The summed E-state index contributed by atoms with van der Waals surface area (Å²) in [6, 6.07) is 0.497. The van der Waals surface area contributed by atoms with Crippen molar-refractivity contribution in [1.82, 2.24) is 25.4 Å². The molecule has 144 valence electrons. The summed E-state index contributed by atoms with van der Waals surface area (Å²) < 4.78 is 7.46. The fourth-order valence-corrected chi connectivity index (χ4v) is 2.70. The van der Waals surface area contributed by atoms with E-state index in [2.05, 4.69) is 34.7 Å². The van der Waals surface area contributed by atoms with Gasteiger partial charge in [0.1, 0.15) is 12.4 Å². The molecule has 8 heteroatoms. The highest BCUT2D eigenvalue weighted by Crippen LogP contribution is 2.17. The van der Waals surface area contributed by atoms with E-state index in [-0.39, 0.29) is 29.6 Å². The van der Waals surface area contributed by atoms with Crippen molar-refractivity contribution < 1.29 is 4.74 Å². The van der Waals surface area contributed by atoms with Crippen LogP contribution in [0.15, 0.2) is 4.99 Å². The van der Waals surface area contributed by atoms with E-state index in [0.29, 0.717) is 19.1 Å². The lowest BCUT2D eigenvalue weighted by atomic mass is 9.96. The Kier molecular flexibility index (Phi) is 9.12. The monoisotopic (exact) mass is 464 g/mol. The van der Waals surface area contributed by atoms with Crippen molar-refractivity contribution in [2.75, 3.05) is 13.7 Å². The minimum Gasteiger partial charge on any atom is -0.377 e. The quantitative estimate of drug-likeness (QED) is 0.385. The Morgan fingerprint density at radius 1 is 1.28 bits per heavy atom. The molecule has 1 saturated carbocycles. The number of nitrogens with zero attached hydrogens (tertiary/aromatic N) is 4. The van der Waals surface area contributed by atoms with Gasteiger partial charge in [0, 0.05) is 26.7 Å². The second-order valence-electron chi connectivity index (χ2n) is 7.18. The van der Waals surface area contributed by atoms with Crippen LogP contribution in [-0.2, 0) is 18.3 Å². The van der Waals surface area contributed by atoms with E-state index < -0.39 is 0 Å². The molecule has 1 heterocycles. The van der Waals surface area contributed by atoms with Gasteiger partial charge >= 0.3 is 0 Å². The molecule has 25 heavy (non-hydrogen) atoms. The Morgan fingerprint density at radius 3 is 2.52 bits per heavy atom. The molecule has 0 bridgehead atoms. The lowest BCUT2D eigenvalue weighted by Gasteiger charge is -2.28. The zero-order valence-corrected chi connectivity index (χ0v) is 18.5. The molecule has 0 unspecified atom stereocenters. The second-order valence-corrected chi connectivity index (χ2v) is 7.18. The molecule has 2 N–H and O–H groups in total. The molecule has 2 rings (SSSR count). The van der Waals surface area contributed by atoms with Crippen LogP contribution < -0.4 is 10.6 Å². The van der Waals surface area contributed by atoms with Crippen molar-refractivity contribution >= 4 is 29.9 Å². The molecule has 0 saturated heterocycles. The van der Waals surface area contributed by atoms with Crippen LogP contribution in [-0.4, -0.2) is 46.0 Å². The highest BCUT2D eigenvalue weighted by molar-refractivity contribution is 14.0. The maximum atomic E-state index is 5.49. The third-order valence-electron chi connectivity index (χ3n) is 4.74. The van der Waals surface area contributed by atoms with Gasteiger partial charge in [0.2, 0.25) is 0 Å². The Labute approximate surface area is 168 Å². The average molecular weight is 464 g/mol. The van der Waals surface area contributed by atoms with E-state index in [9.17, 15) is 0 Å². The maximum absolute atomic E-state index is 5.49. The Balaban J connectivity index is 0.00000312. The predicted molar refractivity (Wildman–Crippen MR) is 111 cm³/mol. The van der Waals surface area contributed by atoms with Crippen LogP contribution in [0.1, 0.15) is 57.6 Å². The number of rotatable bonds is 6. The van der Waals surface area contributed by atoms with E-state index in [0.717, 1.165) is 17.6 Å². The second kappa shape index (κ2) is 10.3. The molecule has 0 radical (unpaired) electrons. The van der Waals surface area contributed by atoms with Gasteiger partial charge in [-0.2, -0.15) is 0 Å². The number of halogens is 1. The van der Waals surface area contributed by atoms with Gasteiger partial charge in [-0.05, 0) is 33.6 Å². The first-order valence-corrected chi connectivity index (χ1v) is 8.86. The molecule has 1 aliphatic rings. The molecule has 1 aliphatic carbocycles. The molecular formula is C17H33IN6O. The van der Waals surface area contributed by atoms with E-state index in [1.54, 1.807) is 7.11 Å². The van der Waals surface area contributed by atoms with Crippen molar-refractivity contribution in [2.45, 2.75) is 71.1 Å². The Morgan fingerprint density at radius 2 is 1.96 bits per heavy atom. The standard InChI is InChI=1S/C17H32N6O.HI/c1-13-21-22-15(23(13)4)11-18-16(19-12-17(2,3)24-5)20-14-9-7-6-8-10-14;/h14H,6-12H2,1-5H3,(H2,18,19,20);1H. The molecule has 0 atom stereocenters. The normalized spacial score (nSPS) is 16.4. The minimum atomic E-state index is -0.240. The van der Waals surface area contributed by atoms with E-state index >= 15 is 0 Å². The van der Waals surface area contributed by atoms with Crippen molar-refractivity contribution in [3.8, 4) is 0 Å². The topological polar surface area (TPSA) is 76.4 Å². The van der Waals surface area contributed by atoms with Gasteiger partial charge in [-0.25, -0.2) is 4.99 Å². The number of nitrogens with one attached hydrogen (secondary N) is 2. The summed E-state index contributed by atoms with van der Waals surface area (Å²) in [7, 11) is 3.70. The highest BCUT2D eigenvalue weighted by atomic mass is 127. The number of aliphatic imine (C=N–C) groups is 1. The summed E-state index contributed by atoms with van der Waals surface area (Å²) in [4.78, 5) is 4.72. The molecular weight excluding hydrogens is 431 g/mol. The minimum absolute atomic E-state index is 0. The molecule has 1 aromatic heterocycles. The lowest BCUT2D eigenvalue weighted by Crippen LogP contribution is -2.48. The van der Waals surface area contributed by atoms with Crippen LogP contribution >= 0.6 is 24.0 Å². The zero-order valence-electron chi connectivity index (χ0n) is 16.1. The number of aryl methyl sites for hydroxylation is 1. The van der Waals surface area contributed by atoms with Crippen LogP contribution in [0.5, 0.6) is 0 Å². The Bertz CT molecular complexity index is 551. The summed E-state index contributed by atoms with van der Waals surface area (Å²) in [6.45, 7) is 7.27. The fourth-order valence-electron chi connectivity index (χ4n) is 2.70. The SMILES string of the molecule is COC(C)(C)CNC(=NCc1nnc(C)n1C)NC1CCCCC1.I. The maximum Gasteiger partial charge on any atom is 0.192 e. The van der Waals surface area contributed by atoms with Gasteiger partial charge < -0.3 is 19.9 Å². The van der Waals surface area contributed by atoms with Crippen molar-refractivity contribution in [1.29, 1.82) is 0 Å². The van der Waals surface area contributed by atoms with E-state index in [1.807, 2.05) is 18.5 Å². The number of hydrogen-bond donors (Lipinski definition) is 2. The van der Waals surface area contributed by atoms with Crippen molar-refractivity contribution in [3.63, 3.8) is 0 Å². The molecule has 1 aromatic rings. The number of hydrogen-bond acceptors (Lipinski definition) is 4. The van der Waals surface area contributed by atoms with Crippen LogP contribution in [0.2, 0.25) is 0 Å². The van der Waals surface area contributed by atoms with Crippen LogP contribution in [0, 0.1) is 6.92 Å². The number of methoxy groups -OCH3 is 1. The van der Waals surface area contributed by atoms with Gasteiger partial charge in [0.15, 0.2) is 11.8 Å². The van der Waals surface area contributed by atoms with Crippen molar-refractivity contribution in [2.24, 2.45) is 12.0 Å². The summed E-state index contributed by atoms with van der Waals surface area (Å²) in [5.41, 5.74) is -0.240. The molecule has 0 aliphatic heterocycles. The molecule has 7 nitrogen and oxygen atoms in total. The summed E-state index contributed by atoms with van der Waals surface area (Å²) in [5, 5.41) is 15.3. The molecule has 0 amide bonds. The van der Waals surface area contributed by atoms with Gasteiger partial charge in [-0.1, -0.05) is 19.3 Å². The van der Waals surface area contributed by atoms with Crippen LogP contribution in [0.3, 0.4) is 0 Å². The first-order valence-electron chi connectivity index (χ1n) is 8.86. The zero-order chi connectivity index (χ0) is 17.6. The highest BCUT2D eigenvalue weighted by Gasteiger charge is 2.19. The average Bonchev–Trinajstić information content (AvgIpc) is 2.90. The smallest absolute Gasteiger partial charge is 0.192 e. The van der Waals surface area contributed by atoms with E-state index in [4.69, 9.17) is 9.73 Å². The first-order chi connectivity index (χ1) is 11.4. The third-order valence-corrected chi connectivity index (χ3v) is 4.74. The number of ether oxygens (including phenoxy) is 1. The largest absolute Gasteiger partial charge is 0.377 e. The molecule has 0 spiro atoms. The third kappa shape index (κ3) is 7.08. The summed E-state index contributed by atoms with van der Waals surface area (Å²) in [6.07, 6.45) is 6.33. The van der Waals surface area contributed by atoms with E-state index in [1.165, 1.54) is 32.1 Å². The first kappa shape index (κ1) is 22.1. The fraction of sp³-hybridized carbons (Fsp3) is 0.824. The lowest BCUT2D eigenvalue weighted by molar-refractivity contribution is 0.0267. The predicted octanol–water partition coefficient (Wildman–Crippen LogP) is 2.53.